The lowest BCUT2D eigenvalue weighted by atomic mass is 10.1. The van der Waals surface area contributed by atoms with Crippen LogP contribution in [0.5, 0.6) is 0 Å². The van der Waals surface area contributed by atoms with E-state index < -0.39 is 0 Å². The molecule has 1 aromatic heterocycles. The first-order chi connectivity index (χ1) is 9.93. The van der Waals surface area contributed by atoms with Gasteiger partial charge in [0, 0.05) is 38.3 Å². The van der Waals surface area contributed by atoms with Crippen molar-refractivity contribution in [2.24, 2.45) is 0 Å². The van der Waals surface area contributed by atoms with E-state index in [2.05, 4.69) is 49.7 Å². The Kier molecular flexibility index (Phi) is 4.28. The van der Waals surface area contributed by atoms with Crippen LogP contribution in [0, 0.1) is 0 Å². The van der Waals surface area contributed by atoms with Crippen LogP contribution >= 0.6 is 0 Å². The van der Waals surface area contributed by atoms with E-state index >= 15 is 0 Å². The smallest absolute Gasteiger partial charge is 0.137 e. The summed E-state index contributed by atoms with van der Waals surface area (Å²) in [7, 11) is 0. The molecule has 0 radical (unpaired) electrons. The molecule has 0 bridgehead atoms. The zero-order chi connectivity index (χ0) is 13.6. The highest BCUT2D eigenvalue weighted by Gasteiger charge is 2.14. The minimum absolute atomic E-state index is 0.881. The summed E-state index contributed by atoms with van der Waals surface area (Å²) in [6.07, 6.45) is 5.06. The van der Waals surface area contributed by atoms with Gasteiger partial charge in [-0.25, -0.2) is 4.98 Å². The third kappa shape index (κ3) is 3.17. The number of aromatic nitrogens is 3. The van der Waals surface area contributed by atoms with Gasteiger partial charge in [0.05, 0.1) is 0 Å². The Balaban J connectivity index is 1.54. The SMILES string of the molecule is c1ccc(N2CCCC2)c(CNCCc2ncn[nH]2)c1. The van der Waals surface area contributed by atoms with Crippen molar-refractivity contribution < 1.29 is 0 Å². The number of anilines is 1. The molecule has 106 valence electrons. The van der Waals surface area contributed by atoms with E-state index in [1.165, 1.54) is 37.2 Å². The Morgan fingerprint density at radius 2 is 2.05 bits per heavy atom. The molecular formula is C15H21N5. The molecule has 0 aliphatic carbocycles. The van der Waals surface area contributed by atoms with E-state index in [-0.39, 0.29) is 0 Å². The third-order valence-electron chi connectivity index (χ3n) is 3.76. The predicted molar refractivity (Wildman–Crippen MR) is 79.7 cm³/mol. The van der Waals surface area contributed by atoms with Gasteiger partial charge in [-0.2, -0.15) is 5.10 Å². The number of H-pyrrole nitrogens is 1. The van der Waals surface area contributed by atoms with Crippen LogP contribution in [0.25, 0.3) is 0 Å². The molecule has 0 unspecified atom stereocenters. The molecule has 5 nitrogen and oxygen atoms in total. The summed E-state index contributed by atoms with van der Waals surface area (Å²) in [6, 6.07) is 8.70. The average Bonchev–Trinajstić information content (AvgIpc) is 3.17. The van der Waals surface area contributed by atoms with Crippen LogP contribution in [0.1, 0.15) is 24.2 Å². The number of rotatable bonds is 6. The van der Waals surface area contributed by atoms with Crippen LogP contribution in [-0.2, 0) is 13.0 Å². The zero-order valence-corrected chi connectivity index (χ0v) is 11.7. The molecule has 1 aromatic carbocycles. The number of nitrogens with zero attached hydrogens (tertiary/aromatic N) is 3. The molecule has 0 atom stereocenters. The zero-order valence-electron chi connectivity index (χ0n) is 11.7. The van der Waals surface area contributed by atoms with E-state index in [1.807, 2.05) is 0 Å². The highest BCUT2D eigenvalue weighted by atomic mass is 15.2. The van der Waals surface area contributed by atoms with Crippen molar-refractivity contribution in [3.8, 4) is 0 Å². The minimum Gasteiger partial charge on any atom is -0.371 e. The van der Waals surface area contributed by atoms with Gasteiger partial charge < -0.3 is 10.2 Å². The van der Waals surface area contributed by atoms with Crippen LogP contribution in [0.3, 0.4) is 0 Å². The second-order valence-corrected chi connectivity index (χ2v) is 5.18. The van der Waals surface area contributed by atoms with E-state index in [4.69, 9.17) is 0 Å². The number of nitrogens with one attached hydrogen (secondary N) is 2. The standard InChI is InChI=1S/C15H21N5/c1-2-6-14(20-9-3-4-10-20)13(5-1)11-16-8-7-15-17-12-18-19-15/h1-2,5-6,12,16H,3-4,7-11H2,(H,17,18,19). The van der Waals surface area contributed by atoms with Gasteiger partial charge in [0.1, 0.15) is 12.2 Å². The fourth-order valence-corrected chi connectivity index (χ4v) is 2.71. The van der Waals surface area contributed by atoms with Crippen LogP contribution in [-0.4, -0.2) is 34.8 Å². The molecule has 0 spiro atoms. The first-order valence-electron chi connectivity index (χ1n) is 7.31. The molecule has 5 heteroatoms. The van der Waals surface area contributed by atoms with E-state index in [0.717, 1.165) is 25.3 Å². The average molecular weight is 271 g/mol. The molecule has 0 saturated carbocycles. The molecule has 2 heterocycles. The topological polar surface area (TPSA) is 56.8 Å². The number of para-hydroxylation sites is 1. The minimum atomic E-state index is 0.881. The van der Waals surface area contributed by atoms with Crippen molar-refractivity contribution >= 4 is 5.69 Å². The lowest BCUT2D eigenvalue weighted by Crippen LogP contribution is -2.22. The van der Waals surface area contributed by atoms with Gasteiger partial charge in [0.15, 0.2) is 0 Å². The predicted octanol–water partition coefficient (Wildman–Crippen LogP) is 1.74. The molecule has 2 N–H and O–H groups in total. The van der Waals surface area contributed by atoms with Gasteiger partial charge >= 0.3 is 0 Å². The number of aromatic amines is 1. The van der Waals surface area contributed by atoms with Gasteiger partial charge in [0.2, 0.25) is 0 Å². The van der Waals surface area contributed by atoms with Gasteiger partial charge in [-0.05, 0) is 24.5 Å². The van der Waals surface area contributed by atoms with Gasteiger partial charge in [-0.1, -0.05) is 18.2 Å². The van der Waals surface area contributed by atoms with Crippen LogP contribution < -0.4 is 10.2 Å². The summed E-state index contributed by atoms with van der Waals surface area (Å²) in [4.78, 5) is 6.62. The molecule has 20 heavy (non-hydrogen) atoms. The maximum Gasteiger partial charge on any atom is 0.137 e. The first-order valence-corrected chi connectivity index (χ1v) is 7.31. The number of benzene rings is 1. The molecule has 1 saturated heterocycles. The van der Waals surface area contributed by atoms with E-state index in [1.54, 1.807) is 6.33 Å². The van der Waals surface area contributed by atoms with Crippen molar-refractivity contribution in [1.29, 1.82) is 0 Å². The molecule has 0 amide bonds. The molecule has 1 aliphatic heterocycles. The van der Waals surface area contributed by atoms with E-state index in [9.17, 15) is 0 Å². The highest BCUT2D eigenvalue weighted by molar-refractivity contribution is 5.54. The summed E-state index contributed by atoms with van der Waals surface area (Å²) < 4.78 is 0. The fourth-order valence-electron chi connectivity index (χ4n) is 2.71. The first kappa shape index (κ1) is 13.1. The van der Waals surface area contributed by atoms with E-state index in [0.29, 0.717) is 0 Å². The van der Waals surface area contributed by atoms with Gasteiger partial charge in [-0.15, -0.1) is 0 Å². The molecular weight excluding hydrogens is 250 g/mol. The van der Waals surface area contributed by atoms with Crippen molar-refractivity contribution in [3.05, 3.63) is 42.0 Å². The second-order valence-electron chi connectivity index (χ2n) is 5.18. The lowest BCUT2D eigenvalue weighted by molar-refractivity contribution is 0.670. The largest absolute Gasteiger partial charge is 0.371 e. The molecule has 1 aliphatic rings. The third-order valence-corrected chi connectivity index (χ3v) is 3.76. The summed E-state index contributed by atoms with van der Waals surface area (Å²) >= 11 is 0. The molecule has 2 aromatic rings. The van der Waals surface area contributed by atoms with Crippen molar-refractivity contribution in [3.63, 3.8) is 0 Å². The number of hydrogen-bond donors (Lipinski definition) is 2. The number of hydrogen-bond acceptors (Lipinski definition) is 4. The quantitative estimate of drug-likeness (QED) is 0.786. The van der Waals surface area contributed by atoms with Crippen molar-refractivity contribution in [2.45, 2.75) is 25.8 Å². The summed E-state index contributed by atoms with van der Waals surface area (Å²) in [6.45, 7) is 4.19. The Hall–Kier alpha value is -1.88. The maximum absolute atomic E-state index is 4.13. The fraction of sp³-hybridized carbons (Fsp3) is 0.467. The highest BCUT2D eigenvalue weighted by Crippen LogP contribution is 2.24. The summed E-state index contributed by atoms with van der Waals surface area (Å²) in [5.41, 5.74) is 2.77. The van der Waals surface area contributed by atoms with Gasteiger partial charge in [0.25, 0.3) is 0 Å². The second kappa shape index (κ2) is 6.52. The Morgan fingerprint density at radius 3 is 2.85 bits per heavy atom. The molecule has 3 rings (SSSR count). The normalized spacial score (nSPS) is 14.9. The van der Waals surface area contributed by atoms with Gasteiger partial charge in [-0.3, -0.25) is 5.10 Å². The Bertz CT molecular complexity index is 517. The van der Waals surface area contributed by atoms with Crippen molar-refractivity contribution in [2.75, 3.05) is 24.5 Å². The van der Waals surface area contributed by atoms with Crippen molar-refractivity contribution in [1.82, 2.24) is 20.5 Å². The van der Waals surface area contributed by atoms with Crippen LogP contribution in [0.4, 0.5) is 5.69 Å². The monoisotopic (exact) mass is 271 g/mol. The Labute approximate surface area is 119 Å². The van der Waals surface area contributed by atoms with Crippen LogP contribution in [0.2, 0.25) is 0 Å². The van der Waals surface area contributed by atoms with Crippen LogP contribution in [0.15, 0.2) is 30.6 Å². The summed E-state index contributed by atoms with van der Waals surface area (Å²) in [5, 5.41) is 10.2. The Morgan fingerprint density at radius 1 is 1.20 bits per heavy atom. The molecule has 1 fully saturated rings. The maximum atomic E-state index is 4.13. The lowest BCUT2D eigenvalue weighted by Gasteiger charge is -2.21. The summed E-state index contributed by atoms with van der Waals surface area (Å²) in [5.74, 6) is 0.935.